The van der Waals surface area contributed by atoms with Crippen molar-refractivity contribution in [3.63, 3.8) is 0 Å². The van der Waals surface area contributed by atoms with Gasteiger partial charge in [0.25, 0.3) is 0 Å². The van der Waals surface area contributed by atoms with Gasteiger partial charge in [0, 0.05) is 62.5 Å². The van der Waals surface area contributed by atoms with E-state index < -0.39 is 0 Å². The molecule has 200 valence electrons. The maximum absolute atomic E-state index is 11.8. The number of benzene rings is 2. The van der Waals surface area contributed by atoms with Crippen molar-refractivity contribution in [3.05, 3.63) is 78.0 Å². The molecule has 38 heavy (non-hydrogen) atoms. The first kappa shape index (κ1) is 27.8. The third-order valence-corrected chi connectivity index (χ3v) is 6.94. The Bertz CT molecular complexity index is 1240. The van der Waals surface area contributed by atoms with Crippen LogP contribution >= 0.6 is 11.6 Å². The van der Waals surface area contributed by atoms with Crippen molar-refractivity contribution >= 4 is 29.0 Å². The summed E-state index contributed by atoms with van der Waals surface area (Å²) in [6, 6.07) is 16.0. The summed E-state index contributed by atoms with van der Waals surface area (Å²) in [6.07, 6.45) is 4.18. The number of allylic oxidation sites excluding steroid dienone is 1. The van der Waals surface area contributed by atoms with Crippen molar-refractivity contribution in [2.75, 3.05) is 44.6 Å². The van der Waals surface area contributed by atoms with Gasteiger partial charge in [-0.2, -0.15) is 0 Å². The van der Waals surface area contributed by atoms with E-state index >= 15 is 0 Å². The number of rotatable bonds is 12. The zero-order valence-electron chi connectivity index (χ0n) is 22.2. The van der Waals surface area contributed by atoms with Crippen LogP contribution in [0.25, 0.3) is 11.3 Å². The first-order valence-corrected chi connectivity index (χ1v) is 13.5. The van der Waals surface area contributed by atoms with Crippen molar-refractivity contribution in [1.82, 2.24) is 19.8 Å². The van der Waals surface area contributed by atoms with E-state index in [0.717, 1.165) is 61.7 Å². The smallest absolute Gasteiger partial charge is 0.227 e. The van der Waals surface area contributed by atoms with Gasteiger partial charge in [-0.15, -0.1) is 0 Å². The fourth-order valence-electron chi connectivity index (χ4n) is 4.51. The molecular weight excluding hydrogens is 498 g/mol. The summed E-state index contributed by atoms with van der Waals surface area (Å²) in [6.45, 7) is 14.3. The minimum Gasteiger partial charge on any atom is -0.493 e. The number of hydrogen-bond acceptors (Lipinski definition) is 7. The summed E-state index contributed by atoms with van der Waals surface area (Å²) >= 11 is 6.43. The highest BCUT2D eigenvalue weighted by Crippen LogP contribution is 2.28. The Hall–Kier alpha value is -3.26. The van der Waals surface area contributed by atoms with Gasteiger partial charge in [0.1, 0.15) is 5.75 Å². The third kappa shape index (κ3) is 7.87. The molecule has 1 aromatic heterocycles. The molecule has 1 N–H and O–H groups in total. The van der Waals surface area contributed by atoms with Crippen LogP contribution in [0.2, 0.25) is 5.02 Å². The molecule has 0 amide bonds. The van der Waals surface area contributed by atoms with Crippen molar-refractivity contribution < 1.29 is 9.53 Å². The number of nitrogens with one attached hydrogen (secondary N) is 1. The second-order valence-electron chi connectivity index (χ2n) is 9.76. The van der Waals surface area contributed by atoms with Gasteiger partial charge in [0.2, 0.25) is 5.95 Å². The summed E-state index contributed by atoms with van der Waals surface area (Å²) in [5.74, 6) is 1.19. The monoisotopic (exact) mass is 533 g/mol. The average molecular weight is 534 g/mol. The van der Waals surface area contributed by atoms with E-state index in [9.17, 15) is 4.79 Å². The molecule has 4 rings (SSSR count). The molecular formula is C30H36ClN5O2. The number of halogens is 1. The molecule has 0 aliphatic carbocycles. The van der Waals surface area contributed by atoms with E-state index in [1.165, 1.54) is 6.08 Å². The maximum Gasteiger partial charge on any atom is 0.227 e. The lowest BCUT2D eigenvalue weighted by atomic mass is 10.0. The van der Waals surface area contributed by atoms with E-state index in [0.29, 0.717) is 29.3 Å². The molecule has 0 bridgehead atoms. The quantitative estimate of drug-likeness (QED) is 0.239. The van der Waals surface area contributed by atoms with E-state index in [-0.39, 0.29) is 12.2 Å². The number of hydrogen-bond donors (Lipinski definition) is 1. The summed E-state index contributed by atoms with van der Waals surface area (Å²) in [5.41, 5.74) is 3.11. The van der Waals surface area contributed by atoms with E-state index in [4.69, 9.17) is 16.3 Å². The number of nitrogens with zero attached hydrogens (tertiary/aromatic N) is 4. The van der Waals surface area contributed by atoms with E-state index in [1.54, 1.807) is 6.20 Å². The van der Waals surface area contributed by atoms with Gasteiger partial charge in [-0.1, -0.05) is 42.4 Å². The Morgan fingerprint density at radius 3 is 2.71 bits per heavy atom. The standard InChI is InChI=1S/C30H36ClN5O2/c1-4-26(37)19-23-8-5-9-24(18-23)29-28(31)21-32-30(34-29)33-25-10-6-11-27(20-25)38-17-7-12-35-13-15-36(16-14-35)22(2)3/h4-6,8-11,18,20-22H,1,7,12-17,19H2,2-3H3,(H,32,33,34). The molecule has 0 unspecified atom stereocenters. The molecule has 2 aromatic carbocycles. The van der Waals surface area contributed by atoms with Gasteiger partial charge in [-0.05, 0) is 50.1 Å². The summed E-state index contributed by atoms with van der Waals surface area (Å²) < 4.78 is 6.03. The van der Waals surface area contributed by atoms with E-state index in [1.807, 2.05) is 48.5 Å². The number of carbonyl (C=O) groups excluding carboxylic acids is 1. The maximum atomic E-state index is 11.8. The Kier molecular flexibility index (Phi) is 9.87. The number of piperazine rings is 1. The first-order valence-electron chi connectivity index (χ1n) is 13.1. The predicted molar refractivity (Wildman–Crippen MR) is 154 cm³/mol. The van der Waals surface area contributed by atoms with Gasteiger partial charge >= 0.3 is 0 Å². The van der Waals surface area contributed by atoms with Crippen LogP contribution in [0.15, 0.2) is 67.4 Å². The van der Waals surface area contributed by atoms with Crippen LogP contribution < -0.4 is 10.1 Å². The van der Waals surface area contributed by atoms with Crippen LogP contribution in [0.1, 0.15) is 25.8 Å². The highest BCUT2D eigenvalue weighted by molar-refractivity contribution is 6.32. The van der Waals surface area contributed by atoms with Gasteiger partial charge in [0.15, 0.2) is 5.78 Å². The fraction of sp³-hybridized carbons (Fsp3) is 0.367. The molecule has 8 heteroatoms. The molecule has 1 aliphatic heterocycles. The average Bonchev–Trinajstić information content (AvgIpc) is 2.93. The normalized spacial score (nSPS) is 14.4. The second kappa shape index (κ2) is 13.5. The molecule has 0 spiro atoms. The molecule has 3 aromatic rings. The Morgan fingerprint density at radius 1 is 1.16 bits per heavy atom. The predicted octanol–water partition coefficient (Wildman–Crippen LogP) is 5.63. The SMILES string of the molecule is C=CC(=O)Cc1cccc(-c2nc(Nc3cccc(OCCCN4CCN(C(C)C)CC4)c3)ncc2Cl)c1. The van der Waals surface area contributed by atoms with Crippen LogP contribution in [-0.4, -0.2) is 70.9 Å². The molecule has 1 fully saturated rings. The Morgan fingerprint density at radius 2 is 1.95 bits per heavy atom. The molecule has 1 saturated heterocycles. The number of ether oxygens (including phenoxy) is 1. The number of anilines is 2. The topological polar surface area (TPSA) is 70.6 Å². The molecule has 1 aliphatic rings. The third-order valence-electron chi connectivity index (χ3n) is 6.67. The lowest BCUT2D eigenvalue weighted by Crippen LogP contribution is -2.49. The highest BCUT2D eigenvalue weighted by Gasteiger charge is 2.18. The number of aromatic nitrogens is 2. The van der Waals surface area contributed by atoms with Crippen molar-refractivity contribution in [1.29, 1.82) is 0 Å². The molecule has 2 heterocycles. The zero-order valence-corrected chi connectivity index (χ0v) is 23.0. The Balaban J connectivity index is 1.33. The summed E-state index contributed by atoms with van der Waals surface area (Å²) in [5, 5.41) is 3.69. The molecule has 7 nitrogen and oxygen atoms in total. The van der Waals surface area contributed by atoms with Crippen LogP contribution in [0.5, 0.6) is 5.75 Å². The largest absolute Gasteiger partial charge is 0.493 e. The van der Waals surface area contributed by atoms with E-state index in [2.05, 4.69) is 45.5 Å². The van der Waals surface area contributed by atoms with Crippen molar-refractivity contribution in [2.45, 2.75) is 32.7 Å². The fourth-order valence-corrected chi connectivity index (χ4v) is 4.71. The zero-order chi connectivity index (χ0) is 26.9. The minimum atomic E-state index is -0.0372. The van der Waals surface area contributed by atoms with Crippen LogP contribution in [0, 0.1) is 0 Å². The minimum absolute atomic E-state index is 0.0372. The lowest BCUT2D eigenvalue weighted by Gasteiger charge is -2.36. The summed E-state index contributed by atoms with van der Waals surface area (Å²) in [4.78, 5) is 25.8. The second-order valence-corrected chi connectivity index (χ2v) is 10.2. The highest BCUT2D eigenvalue weighted by atomic mass is 35.5. The van der Waals surface area contributed by atoms with Crippen LogP contribution in [0.3, 0.4) is 0 Å². The van der Waals surface area contributed by atoms with Gasteiger partial charge in [0.05, 0.1) is 23.5 Å². The van der Waals surface area contributed by atoms with Crippen molar-refractivity contribution in [2.24, 2.45) is 0 Å². The first-order chi connectivity index (χ1) is 18.4. The van der Waals surface area contributed by atoms with Gasteiger partial charge in [-0.25, -0.2) is 9.97 Å². The van der Waals surface area contributed by atoms with Crippen molar-refractivity contribution in [3.8, 4) is 17.0 Å². The molecule has 0 atom stereocenters. The van der Waals surface area contributed by atoms with Gasteiger partial charge < -0.3 is 15.0 Å². The molecule has 0 saturated carbocycles. The number of ketones is 1. The summed E-state index contributed by atoms with van der Waals surface area (Å²) in [7, 11) is 0. The molecule has 0 radical (unpaired) electrons. The van der Waals surface area contributed by atoms with Crippen LogP contribution in [0.4, 0.5) is 11.6 Å². The number of carbonyl (C=O) groups is 1. The Labute approximate surface area is 230 Å². The van der Waals surface area contributed by atoms with Gasteiger partial charge in [-0.3, -0.25) is 9.69 Å². The van der Waals surface area contributed by atoms with Crippen LogP contribution in [-0.2, 0) is 11.2 Å². The lowest BCUT2D eigenvalue weighted by molar-refractivity contribution is -0.114.